The first kappa shape index (κ1) is 23.2. The van der Waals surface area contributed by atoms with Crippen LogP contribution in [0.25, 0.3) is 0 Å². The Bertz CT molecular complexity index is 1010. The van der Waals surface area contributed by atoms with Gasteiger partial charge in [-0.25, -0.2) is 4.39 Å². The second-order valence-corrected chi connectivity index (χ2v) is 8.05. The molecule has 2 aromatic carbocycles. The number of rotatable bonds is 9. The van der Waals surface area contributed by atoms with E-state index in [0.29, 0.717) is 23.9 Å². The zero-order valence-electron chi connectivity index (χ0n) is 18.4. The largest absolute Gasteiger partial charge is 0.485 e. The van der Waals surface area contributed by atoms with Crippen molar-refractivity contribution in [1.29, 1.82) is 0 Å². The van der Waals surface area contributed by atoms with Crippen LogP contribution in [0.3, 0.4) is 0 Å². The third-order valence-electron chi connectivity index (χ3n) is 5.11. The summed E-state index contributed by atoms with van der Waals surface area (Å²) in [5, 5.41) is 2.85. The SMILES string of the molecule is CC(C)CCNC(=O)C(C)N1C(=O)COc2ccc(C(=O)COc3cccc(F)c3)cc21. The van der Waals surface area contributed by atoms with E-state index in [1.807, 2.05) is 0 Å². The summed E-state index contributed by atoms with van der Waals surface area (Å²) in [5.74, 6) is -0.376. The lowest BCUT2D eigenvalue weighted by atomic mass is 10.1. The Hall–Kier alpha value is -3.42. The van der Waals surface area contributed by atoms with Crippen molar-refractivity contribution in [3.8, 4) is 11.5 Å². The van der Waals surface area contributed by atoms with Crippen LogP contribution in [0.2, 0.25) is 0 Å². The maximum atomic E-state index is 13.3. The van der Waals surface area contributed by atoms with Crippen LogP contribution >= 0.6 is 0 Å². The lowest BCUT2D eigenvalue weighted by molar-refractivity contribution is -0.127. The average Bonchev–Trinajstić information content (AvgIpc) is 2.76. The summed E-state index contributed by atoms with van der Waals surface area (Å²) in [6.07, 6.45) is 0.829. The molecule has 1 unspecified atom stereocenters. The van der Waals surface area contributed by atoms with Gasteiger partial charge < -0.3 is 14.8 Å². The van der Waals surface area contributed by atoms with Gasteiger partial charge in [0, 0.05) is 18.2 Å². The molecule has 2 aromatic rings. The highest BCUT2D eigenvalue weighted by atomic mass is 19.1. The summed E-state index contributed by atoms with van der Waals surface area (Å²) in [5.41, 5.74) is 0.639. The van der Waals surface area contributed by atoms with E-state index >= 15 is 0 Å². The Balaban J connectivity index is 1.75. The van der Waals surface area contributed by atoms with Crippen molar-refractivity contribution in [3.05, 3.63) is 53.8 Å². The molecule has 0 aromatic heterocycles. The highest BCUT2D eigenvalue weighted by molar-refractivity contribution is 6.05. The number of hydrogen-bond acceptors (Lipinski definition) is 5. The van der Waals surface area contributed by atoms with Crippen molar-refractivity contribution in [2.24, 2.45) is 5.92 Å². The van der Waals surface area contributed by atoms with Crippen molar-refractivity contribution in [1.82, 2.24) is 5.32 Å². The first-order valence-corrected chi connectivity index (χ1v) is 10.5. The highest BCUT2D eigenvalue weighted by Gasteiger charge is 2.33. The van der Waals surface area contributed by atoms with Crippen LogP contribution in [0.5, 0.6) is 11.5 Å². The van der Waals surface area contributed by atoms with E-state index in [-0.39, 0.29) is 42.1 Å². The van der Waals surface area contributed by atoms with Gasteiger partial charge in [-0.1, -0.05) is 19.9 Å². The van der Waals surface area contributed by atoms with E-state index in [4.69, 9.17) is 9.47 Å². The normalized spacial score (nSPS) is 13.9. The first-order chi connectivity index (χ1) is 15.3. The van der Waals surface area contributed by atoms with Crippen molar-refractivity contribution in [3.63, 3.8) is 0 Å². The highest BCUT2D eigenvalue weighted by Crippen LogP contribution is 2.34. The molecule has 3 rings (SSSR count). The van der Waals surface area contributed by atoms with Gasteiger partial charge in [0.15, 0.2) is 19.0 Å². The molecule has 0 fully saturated rings. The number of anilines is 1. The van der Waals surface area contributed by atoms with Crippen molar-refractivity contribution in [2.75, 3.05) is 24.7 Å². The van der Waals surface area contributed by atoms with Crippen LogP contribution < -0.4 is 19.7 Å². The quantitative estimate of drug-likeness (QED) is 0.602. The number of nitrogens with one attached hydrogen (secondary N) is 1. The maximum absolute atomic E-state index is 13.3. The van der Waals surface area contributed by atoms with E-state index in [2.05, 4.69) is 19.2 Å². The van der Waals surface area contributed by atoms with Crippen LogP contribution in [-0.2, 0) is 9.59 Å². The zero-order valence-corrected chi connectivity index (χ0v) is 18.4. The summed E-state index contributed by atoms with van der Waals surface area (Å²) < 4.78 is 24.1. The molecule has 0 radical (unpaired) electrons. The lowest BCUT2D eigenvalue weighted by Crippen LogP contribution is -2.51. The molecule has 0 saturated carbocycles. The molecule has 1 N–H and O–H groups in total. The van der Waals surface area contributed by atoms with Crippen LogP contribution in [0.15, 0.2) is 42.5 Å². The second-order valence-electron chi connectivity index (χ2n) is 8.05. The topological polar surface area (TPSA) is 84.9 Å². The number of carbonyl (C=O) groups is 3. The molecule has 0 bridgehead atoms. The van der Waals surface area contributed by atoms with E-state index in [1.54, 1.807) is 25.1 Å². The zero-order chi connectivity index (χ0) is 23.3. The van der Waals surface area contributed by atoms with Gasteiger partial charge in [-0.2, -0.15) is 0 Å². The Morgan fingerprint density at radius 3 is 2.69 bits per heavy atom. The number of benzene rings is 2. The fourth-order valence-corrected chi connectivity index (χ4v) is 3.31. The number of amides is 2. The number of fused-ring (bicyclic) bond motifs is 1. The molecule has 1 atom stereocenters. The Morgan fingerprint density at radius 1 is 1.19 bits per heavy atom. The fraction of sp³-hybridized carbons (Fsp3) is 0.375. The van der Waals surface area contributed by atoms with Gasteiger partial charge in [-0.3, -0.25) is 19.3 Å². The predicted octanol–water partition coefficient (Wildman–Crippen LogP) is 3.36. The lowest BCUT2D eigenvalue weighted by Gasteiger charge is -2.33. The van der Waals surface area contributed by atoms with Gasteiger partial charge in [0.2, 0.25) is 5.91 Å². The van der Waals surface area contributed by atoms with Crippen LogP contribution in [0.4, 0.5) is 10.1 Å². The minimum absolute atomic E-state index is 0.188. The van der Waals surface area contributed by atoms with Gasteiger partial charge in [-0.05, 0) is 49.6 Å². The van der Waals surface area contributed by atoms with E-state index in [0.717, 1.165) is 6.42 Å². The Kier molecular flexibility index (Phi) is 7.45. The molecule has 2 amide bonds. The van der Waals surface area contributed by atoms with Crippen molar-refractivity contribution < 1.29 is 28.2 Å². The van der Waals surface area contributed by atoms with Crippen LogP contribution in [0, 0.1) is 11.7 Å². The number of halogens is 1. The Labute approximate surface area is 186 Å². The van der Waals surface area contributed by atoms with Gasteiger partial charge in [0.25, 0.3) is 5.91 Å². The number of carbonyl (C=O) groups excluding carboxylic acids is 3. The molecule has 8 heteroatoms. The third-order valence-corrected chi connectivity index (χ3v) is 5.11. The summed E-state index contributed by atoms with van der Waals surface area (Å²) in [7, 11) is 0. The van der Waals surface area contributed by atoms with Crippen molar-refractivity contribution >= 4 is 23.3 Å². The predicted molar refractivity (Wildman–Crippen MR) is 118 cm³/mol. The molecule has 0 aliphatic carbocycles. The average molecular weight is 442 g/mol. The van der Waals surface area contributed by atoms with Crippen LogP contribution in [-0.4, -0.2) is 43.4 Å². The molecule has 0 saturated heterocycles. The molecule has 170 valence electrons. The molecule has 32 heavy (non-hydrogen) atoms. The van der Waals surface area contributed by atoms with Crippen molar-refractivity contribution in [2.45, 2.75) is 33.2 Å². The summed E-state index contributed by atoms with van der Waals surface area (Å²) in [6, 6.07) is 9.41. The minimum atomic E-state index is -0.772. The molecule has 7 nitrogen and oxygen atoms in total. The summed E-state index contributed by atoms with van der Waals surface area (Å²) in [6.45, 7) is 5.79. The third kappa shape index (κ3) is 5.63. The Morgan fingerprint density at radius 2 is 1.97 bits per heavy atom. The molecular weight excluding hydrogens is 415 g/mol. The molecule has 1 heterocycles. The number of Topliss-reactive ketones (excluding diaryl/α,β-unsaturated/α-hetero) is 1. The number of nitrogens with zero attached hydrogens (tertiary/aromatic N) is 1. The monoisotopic (exact) mass is 442 g/mol. The number of ketones is 1. The van der Waals surface area contributed by atoms with Gasteiger partial charge in [0.1, 0.15) is 23.4 Å². The first-order valence-electron chi connectivity index (χ1n) is 10.5. The molecule has 0 spiro atoms. The number of ether oxygens (including phenoxy) is 2. The molecular formula is C24H27FN2O5. The summed E-state index contributed by atoms with van der Waals surface area (Å²) in [4.78, 5) is 39.2. The van der Waals surface area contributed by atoms with Gasteiger partial charge >= 0.3 is 0 Å². The standard InChI is InChI=1S/C24H27FN2O5/c1-15(2)9-10-26-24(30)16(3)27-20-11-17(7-8-22(20)32-14-23(27)29)21(28)13-31-19-6-4-5-18(25)12-19/h4-8,11-12,15-16H,9-10,13-14H2,1-3H3,(H,26,30). The smallest absolute Gasteiger partial charge is 0.265 e. The molecule has 1 aliphatic rings. The van der Waals surface area contributed by atoms with E-state index < -0.39 is 11.9 Å². The van der Waals surface area contributed by atoms with Gasteiger partial charge in [-0.15, -0.1) is 0 Å². The van der Waals surface area contributed by atoms with E-state index in [9.17, 15) is 18.8 Å². The number of hydrogen-bond donors (Lipinski definition) is 1. The molecule has 1 aliphatic heterocycles. The van der Waals surface area contributed by atoms with E-state index in [1.165, 1.54) is 29.2 Å². The fourth-order valence-electron chi connectivity index (χ4n) is 3.31. The van der Waals surface area contributed by atoms with Gasteiger partial charge in [0.05, 0.1) is 5.69 Å². The van der Waals surface area contributed by atoms with Crippen LogP contribution in [0.1, 0.15) is 37.6 Å². The minimum Gasteiger partial charge on any atom is -0.485 e. The summed E-state index contributed by atoms with van der Waals surface area (Å²) >= 11 is 0. The maximum Gasteiger partial charge on any atom is 0.265 e. The second kappa shape index (κ2) is 10.3.